The first-order valence-electron chi connectivity index (χ1n) is 9.34. The van der Waals surface area contributed by atoms with Crippen LogP contribution in [0.5, 0.6) is 0 Å². The van der Waals surface area contributed by atoms with E-state index in [2.05, 4.69) is 0 Å². The van der Waals surface area contributed by atoms with Gasteiger partial charge in [0.2, 0.25) is 0 Å². The number of benzene rings is 2. The number of ether oxygens (including phenoxy) is 4. The van der Waals surface area contributed by atoms with Gasteiger partial charge in [0.25, 0.3) is 0 Å². The van der Waals surface area contributed by atoms with Crippen LogP contribution >= 0.6 is 0 Å². The molecule has 2 aromatic rings. The smallest absolute Gasteiger partial charge is 0.309 e. The second kappa shape index (κ2) is 8.12. The van der Waals surface area contributed by atoms with E-state index < -0.39 is 36.5 Å². The molecule has 0 saturated carbocycles. The van der Waals surface area contributed by atoms with Crippen LogP contribution in [-0.2, 0) is 35.1 Å². The van der Waals surface area contributed by atoms with Crippen molar-refractivity contribution in [3.63, 3.8) is 0 Å². The molecule has 2 fully saturated rings. The molecule has 6 nitrogen and oxygen atoms in total. The summed E-state index contributed by atoms with van der Waals surface area (Å²) in [6, 6.07) is 19.1. The first-order chi connectivity index (χ1) is 13.6. The van der Waals surface area contributed by atoms with Crippen molar-refractivity contribution < 1.29 is 28.5 Å². The Kier molecular flexibility index (Phi) is 5.41. The molecule has 6 heteroatoms. The van der Waals surface area contributed by atoms with Crippen LogP contribution in [0.3, 0.4) is 0 Å². The van der Waals surface area contributed by atoms with Crippen molar-refractivity contribution in [1.29, 1.82) is 0 Å². The van der Waals surface area contributed by atoms with Crippen LogP contribution in [0.25, 0.3) is 0 Å². The zero-order chi connectivity index (χ0) is 19.5. The highest BCUT2D eigenvalue weighted by molar-refractivity contribution is 5.73. The average molecular weight is 382 g/mol. The topological polar surface area (TPSA) is 71.1 Å². The maximum atomic E-state index is 11.8. The first kappa shape index (κ1) is 18.7. The van der Waals surface area contributed by atoms with Crippen molar-refractivity contribution in [1.82, 2.24) is 0 Å². The molecule has 5 atom stereocenters. The molecule has 4 rings (SSSR count). The van der Waals surface area contributed by atoms with Gasteiger partial charge in [0.15, 0.2) is 12.2 Å². The predicted octanol–water partition coefficient (Wildman–Crippen LogP) is 2.96. The van der Waals surface area contributed by atoms with Crippen LogP contribution in [0.1, 0.15) is 30.6 Å². The van der Waals surface area contributed by atoms with Crippen LogP contribution < -0.4 is 0 Å². The third kappa shape index (κ3) is 3.93. The lowest BCUT2D eigenvalue weighted by atomic mass is 9.98. The fourth-order valence-electron chi connectivity index (χ4n) is 3.77. The summed E-state index contributed by atoms with van der Waals surface area (Å²) in [6.45, 7) is 1.71. The maximum Gasteiger partial charge on any atom is 0.309 e. The molecule has 28 heavy (non-hydrogen) atoms. The minimum atomic E-state index is -0.649. The zero-order valence-electron chi connectivity index (χ0n) is 15.5. The van der Waals surface area contributed by atoms with Crippen molar-refractivity contribution in [2.24, 2.45) is 0 Å². The molecule has 0 aromatic heterocycles. The zero-order valence-corrected chi connectivity index (χ0v) is 15.5. The van der Waals surface area contributed by atoms with E-state index in [9.17, 15) is 9.59 Å². The van der Waals surface area contributed by atoms with Gasteiger partial charge in [-0.3, -0.25) is 9.59 Å². The lowest BCUT2D eigenvalue weighted by Crippen LogP contribution is -2.39. The molecule has 2 heterocycles. The second-order valence-electron chi connectivity index (χ2n) is 7.00. The highest BCUT2D eigenvalue weighted by Gasteiger charge is 2.55. The number of hydrogen-bond acceptors (Lipinski definition) is 6. The summed E-state index contributed by atoms with van der Waals surface area (Å²) >= 11 is 0. The van der Waals surface area contributed by atoms with Crippen molar-refractivity contribution in [3.05, 3.63) is 71.8 Å². The van der Waals surface area contributed by atoms with E-state index in [4.69, 9.17) is 18.9 Å². The van der Waals surface area contributed by atoms with Crippen molar-refractivity contribution in [2.75, 3.05) is 0 Å². The number of carbonyl (C=O) groups excluding carboxylic acids is 2. The van der Waals surface area contributed by atoms with Gasteiger partial charge in [-0.05, 0) is 11.1 Å². The van der Waals surface area contributed by atoms with E-state index >= 15 is 0 Å². The summed E-state index contributed by atoms with van der Waals surface area (Å²) in [6.07, 6.45) is -2.50. The summed E-state index contributed by atoms with van der Waals surface area (Å²) in [5, 5.41) is 0. The van der Waals surface area contributed by atoms with Crippen LogP contribution in [0.2, 0.25) is 0 Å². The first-order valence-corrected chi connectivity index (χ1v) is 9.34. The van der Waals surface area contributed by atoms with E-state index in [1.165, 1.54) is 6.92 Å². The Bertz CT molecular complexity index is 821. The molecule has 146 valence electrons. The highest BCUT2D eigenvalue weighted by Crippen LogP contribution is 2.40. The molecular formula is C22H22O6. The van der Waals surface area contributed by atoms with Gasteiger partial charge >= 0.3 is 11.9 Å². The van der Waals surface area contributed by atoms with Gasteiger partial charge < -0.3 is 18.9 Å². The Balaban J connectivity index is 1.60. The van der Waals surface area contributed by atoms with E-state index in [1.54, 1.807) is 0 Å². The van der Waals surface area contributed by atoms with Gasteiger partial charge in [0, 0.05) is 6.92 Å². The van der Waals surface area contributed by atoms with Crippen molar-refractivity contribution >= 4 is 11.9 Å². The molecule has 2 aliphatic heterocycles. The third-order valence-electron chi connectivity index (χ3n) is 4.99. The lowest BCUT2D eigenvalue weighted by molar-refractivity contribution is -0.166. The average Bonchev–Trinajstić information content (AvgIpc) is 3.22. The van der Waals surface area contributed by atoms with E-state index in [0.717, 1.165) is 11.1 Å². The SMILES string of the molecule is CC(=O)O[C@@H](c1ccccc1)[C@H]1O[C@@H]2CC(=O)O[C@@H]2[C@H]1OCc1ccccc1. The van der Waals surface area contributed by atoms with Gasteiger partial charge in [0.05, 0.1) is 13.0 Å². The summed E-state index contributed by atoms with van der Waals surface area (Å²) < 4.78 is 23.4. The Hall–Kier alpha value is -2.70. The Morgan fingerprint density at radius 1 is 1.11 bits per heavy atom. The van der Waals surface area contributed by atoms with Crippen molar-refractivity contribution in [3.8, 4) is 0 Å². The molecule has 0 unspecified atom stereocenters. The Morgan fingerprint density at radius 2 is 1.79 bits per heavy atom. The molecule has 0 spiro atoms. The number of rotatable bonds is 6. The number of carbonyl (C=O) groups is 2. The molecule has 2 saturated heterocycles. The molecule has 2 aliphatic rings. The third-order valence-corrected chi connectivity index (χ3v) is 4.99. The van der Waals surface area contributed by atoms with Crippen LogP contribution in [-0.4, -0.2) is 36.4 Å². The maximum absolute atomic E-state index is 11.8. The second-order valence-corrected chi connectivity index (χ2v) is 7.00. The lowest BCUT2D eigenvalue weighted by Gasteiger charge is -2.29. The predicted molar refractivity (Wildman–Crippen MR) is 99.1 cm³/mol. The van der Waals surface area contributed by atoms with E-state index in [-0.39, 0.29) is 12.4 Å². The summed E-state index contributed by atoms with van der Waals surface area (Å²) in [5.74, 6) is -0.709. The van der Waals surface area contributed by atoms with Gasteiger partial charge in [0.1, 0.15) is 18.3 Å². The van der Waals surface area contributed by atoms with Crippen LogP contribution in [0, 0.1) is 0 Å². The monoisotopic (exact) mass is 382 g/mol. The quantitative estimate of drug-likeness (QED) is 0.716. The largest absolute Gasteiger partial charge is 0.457 e. The molecule has 2 aromatic carbocycles. The standard InChI is InChI=1S/C22H22O6/c1-14(23)26-19(16-10-6-3-7-11-16)22-21(20-17(27-22)12-18(24)28-20)25-13-15-8-4-2-5-9-15/h2-11,17,19-22H,12-13H2,1H3/t17-,19+,20+,21-,22-/m1/s1. The number of esters is 2. The molecule has 0 radical (unpaired) electrons. The van der Waals surface area contributed by atoms with Crippen molar-refractivity contribution in [2.45, 2.75) is 50.5 Å². The molecule has 0 aliphatic carbocycles. The molecule has 0 bridgehead atoms. The molecular weight excluding hydrogens is 360 g/mol. The van der Waals surface area contributed by atoms with E-state index in [0.29, 0.717) is 6.61 Å². The van der Waals surface area contributed by atoms with E-state index in [1.807, 2.05) is 60.7 Å². The van der Waals surface area contributed by atoms with Crippen LogP contribution in [0.15, 0.2) is 60.7 Å². The van der Waals surface area contributed by atoms with Gasteiger partial charge in [-0.2, -0.15) is 0 Å². The summed E-state index contributed by atoms with van der Waals surface area (Å²) in [7, 11) is 0. The Morgan fingerprint density at radius 3 is 2.46 bits per heavy atom. The number of fused-ring (bicyclic) bond motifs is 1. The Labute approximate surface area is 163 Å². The van der Waals surface area contributed by atoms with Crippen LogP contribution in [0.4, 0.5) is 0 Å². The van der Waals surface area contributed by atoms with Gasteiger partial charge in [-0.1, -0.05) is 60.7 Å². The summed E-state index contributed by atoms with van der Waals surface area (Å²) in [4.78, 5) is 23.5. The number of hydrogen-bond donors (Lipinski definition) is 0. The van der Waals surface area contributed by atoms with Gasteiger partial charge in [-0.25, -0.2) is 0 Å². The minimum Gasteiger partial charge on any atom is -0.457 e. The summed E-state index contributed by atoms with van der Waals surface area (Å²) in [5.41, 5.74) is 1.81. The normalized spacial score (nSPS) is 27.1. The van der Waals surface area contributed by atoms with Gasteiger partial charge in [-0.15, -0.1) is 0 Å². The fraction of sp³-hybridized carbons (Fsp3) is 0.364. The minimum absolute atomic E-state index is 0.175. The molecule has 0 N–H and O–H groups in total. The fourth-order valence-corrected chi connectivity index (χ4v) is 3.77. The highest BCUT2D eigenvalue weighted by atomic mass is 16.7. The molecule has 0 amide bonds.